The molecule has 28 heteroatoms. The van der Waals surface area contributed by atoms with Crippen LogP contribution in [0.25, 0.3) is 0 Å². The van der Waals surface area contributed by atoms with E-state index in [9.17, 15) is 62.3 Å². The molecule has 28 nitrogen and oxygen atoms in total. The first-order valence-electron chi connectivity index (χ1n) is 29.7. The summed E-state index contributed by atoms with van der Waals surface area (Å²) < 4.78 is 8.07. The maximum Gasteiger partial charge on any atom is 0.336 e. The van der Waals surface area contributed by atoms with Crippen molar-refractivity contribution < 1.29 is 52.7 Å². The van der Waals surface area contributed by atoms with Crippen LogP contribution >= 0.6 is 0 Å². The normalized spacial score (nSPS) is 13.4. The molecule has 0 radical (unpaired) electrons. The van der Waals surface area contributed by atoms with Gasteiger partial charge in [0.15, 0.2) is 0 Å². The van der Waals surface area contributed by atoms with E-state index in [1.165, 1.54) is 54.7 Å². The largest absolute Gasteiger partial charge is 0.428 e. The molecule has 91 heavy (non-hydrogen) atoms. The number of rotatable bonds is 37. The van der Waals surface area contributed by atoms with Gasteiger partial charge in [0.2, 0.25) is 60.8 Å². The zero-order valence-corrected chi connectivity index (χ0v) is 52.3. The first-order valence-corrected chi connectivity index (χ1v) is 29.7. The maximum atomic E-state index is 13.0. The lowest BCUT2D eigenvalue weighted by atomic mass is 9.63. The second kappa shape index (κ2) is 53.0. The molecule has 2 unspecified atom stereocenters. The summed E-state index contributed by atoms with van der Waals surface area (Å²) >= 11 is 0. The Kier molecular flexibility index (Phi) is 47.1. The summed E-state index contributed by atoms with van der Waals surface area (Å²) in [5.41, 5.74) is 1.79. The third-order valence-electron chi connectivity index (χ3n) is 13.5. The molecule has 0 N–H and O–H groups in total. The van der Waals surface area contributed by atoms with Gasteiger partial charge in [-0.25, -0.2) is 116 Å². The summed E-state index contributed by atoms with van der Waals surface area (Å²) in [5, 5.41) is 8.39. The number of aryl methyl sites for hydroxylation is 1. The molecule has 1 aliphatic carbocycles. The Morgan fingerprint density at radius 2 is 0.901 bits per heavy atom. The van der Waals surface area contributed by atoms with E-state index < -0.39 is 17.1 Å². The zero-order chi connectivity index (χ0) is 67.6. The first kappa shape index (κ1) is 80.9. The van der Waals surface area contributed by atoms with Crippen LogP contribution in [0.4, 0.5) is 11.4 Å². The van der Waals surface area contributed by atoms with E-state index in [1.807, 2.05) is 24.3 Å². The van der Waals surface area contributed by atoms with Crippen LogP contribution in [0, 0.1) is 29.3 Å². The molecule has 1 fully saturated rings. The smallest absolute Gasteiger partial charge is 0.336 e. The topological polar surface area (TPSA) is 393 Å². The number of nitrogens with zero attached hydrogens (tertiary/aromatic N) is 14. The van der Waals surface area contributed by atoms with Gasteiger partial charge in [0.05, 0.1) is 63.2 Å². The first-order chi connectivity index (χ1) is 44.0. The number of benzene rings is 2. The van der Waals surface area contributed by atoms with Gasteiger partial charge in [0, 0.05) is 19.6 Å². The number of aromatic nitrogens is 3. The maximum absolute atomic E-state index is 13.0. The molecule has 486 valence electrons. The van der Waals surface area contributed by atoms with Crippen molar-refractivity contribution in [2.24, 2.45) is 60.8 Å². The van der Waals surface area contributed by atoms with Gasteiger partial charge in [-0.2, -0.15) is 15.2 Å². The summed E-state index contributed by atoms with van der Waals surface area (Å²) in [6, 6.07) is 12.2. The lowest BCUT2D eigenvalue weighted by Crippen LogP contribution is -2.54. The van der Waals surface area contributed by atoms with E-state index in [1.54, 1.807) is 37.5 Å². The van der Waals surface area contributed by atoms with E-state index >= 15 is 0 Å². The van der Waals surface area contributed by atoms with Crippen LogP contribution in [0.5, 0.6) is 0 Å². The number of hydrogen-bond donors (Lipinski definition) is 0. The van der Waals surface area contributed by atoms with Crippen LogP contribution in [0.15, 0.2) is 107 Å². The molecule has 1 heterocycles. The van der Waals surface area contributed by atoms with E-state index in [-0.39, 0.29) is 36.5 Å². The minimum absolute atomic E-state index is 0.00750. The van der Waals surface area contributed by atoms with Gasteiger partial charge in [-0.1, -0.05) is 96.0 Å². The Morgan fingerprint density at radius 3 is 1.30 bits per heavy atom. The fourth-order valence-electron chi connectivity index (χ4n) is 9.70. The highest BCUT2D eigenvalue weighted by atomic mass is 16.5. The molecule has 2 atom stereocenters. The van der Waals surface area contributed by atoms with Crippen molar-refractivity contribution in [1.29, 1.82) is 5.26 Å². The van der Waals surface area contributed by atoms with E-state index in [2.05, 4.69) is 75.4 Å². The highest BCUT2D eigenvalue weighted by Gasteiger charge is 2.41. The average Bonchev–Trinajstić information content (AvgIpc) is 0.854. The van der Waals surface area contributed by atoms with Crippen LogP contribution in [0.2, 0.25) is 0 Å². The van der Waals surface area contributed by atoms with Gasteiger partial charge in [-0.05, 0) is 124 Å². The van der Waals surface area contributed by atoms with E-state index in [0.29, 0.717) is 89.5 Å². The monoisotopic (exact) mass is 1260 g/mol. The van der Waals surface area contributed by atoms with Crippen molar-refractivity contribution in [3.63, 3.8) is 0 Å². The van der Waals surface area contributed by atoms with Crippen LogP contribution in [-0.2, 0) is 85.4 Å². The molecule has 0 bridgehead atoms. The summed E-state index contributed by atoms with van der Waals surface area (Å²) in [7, 11) is 0. The van der Waals surface area contributed by atoms with Gasteiger partial charge >= 0.3 is 17.1 Å². The Labute approximate surface area is 527 Å². The molecule has 1 aliphatic rings. The second-order valence-electron chi connectivity index (χ2n) is 21.6. The van der Waals surface area contributed by atoms with Gasteiger partial charge in [0.1, 0.15) is 6.61 Å². The molecular weight excluding hydrogens is 1180 g/mol. The quantitative estimate of drug-likeness (QED) is 0.0225. The van der Waals surface area contributed by atoms with Crippen LogP contribution in [0.3, 0.4) is 0 Å². The van der Waals surface area contributed by atoms with Gasteiger partial charge < -0.3 is 4.74 Å². The van der Waals surface area contributed by atoms with Crippen LogP contribution in [-0.4, -0.2) is 120 Å². The Balaban J connectivity index is 0.00000122. The number of isocyanates is 10. The molecule has 1 saturated carbocycles. The third-order valence-corrected chi connectivity index (χ3v) is 13.5. The highest BCUT2D eigenvalue weighted by Crippen LogP contribution is 2.47. The average molecular weight is 1260 g/mol. The minimum Gasteiger partial charge on any atom is -0.428 e. The number of unbranched alkanes of at least 4 members (excludes halogenated alkanes) is 12. The van der Waals surface area contributed by atoms with E-state index in [0.717, 1.165) is 127 Å². The number of carbonyl (C=O) groups excluding carboxylic acids is 10. The van der Waals surface area contributed by atoms with Crippen molar-refractivity contribution in [1.82, 2.24) is 13.7 Å². The van der Waals surface area contributed by atoms with Crippen molar-refractivity contribution in [3.05, 3.63) is 90.6 Å². The van der Waals surface area contributed by atoms with E-state index in [4.69, 9.17) is 5.26 Å². The molecule has 3 aromatic rings. The summed E-state index contributed by atoms with van der Waals surface area (Å²) in [6.45, 7) is 12.2. The fraction of sp³-hybridized carbons (Fsp3) is 0.587. The molecule has 1 aromatic heterocycles. The summed E-state index contributed by atoms with van der Waals surface area (Å²) in [4.78, 5) is 174. The van der Waals surface area contributed by atoms with Gasteiger partial charge in [-0.3, -0.25) is 0 Å². The number of aliphatic imine (C=N–C) groups is 10. The molecule has 2 aromatic carbocycles. The van der Waals surface area contributed by atoms with Crippen molar-refractivity contribution in [2.45, 2.75) is 188 Å². The van der Waals surface area contributed by atoms with Crippen molar-refractivity contribution >= 4 is 72.2 Å². The SMILES string of the molecule is CC1(C)CC(N=C=O)CC(C)(CN=C=O)C1.Cc1ccc(N=C=O)cc1N=C=O.N#COCCCCCCn1c(=O)n(CCCCCCN=C=O)c(=O)n(CCCCCCN=C=O)c1=O.O=C=NCCCCCCN=C=O.O=C=NCc1cccc(CN=C=O)c1. The molecule has 0 spiro atoms. The van der Waals surface area contributed by atoms with Crippen molar-refractivity contribution in [2.75, 3.05) is 39.3 Å². The molecular formula is C63H80N14O14. The summed E-state index contributed by atoms with van der Waals surface area (Å²) in [6.07, 6.45) is 31.7. The number of ether oxygens (including phenoxy) is 1. The molecule has 0 amide bonds. The molecule has 0 saturated heterocycles. The molecule has 0 aliphatic heterocycles. The Morgan fingerprint density at radius 1 is 0.484 bits per heavy atom. The predicted octanol–water partition coefficient (Wildman–Crippen LogP) is 8.77. The zero-order valence-electron chi connectivity index (χ0n) is 52.3. The predicted molar refractivity (Wildman–Crippen MR) is 334 cm³/mol. The fourth-order valence-corrected chi connectivity index (χ4v) is 9.70. The highest BCUT2D eigenvalue weighted by molar-refractivity contribution is 5.61. The summed E-state index contributed by atoms with van der Waals surface area (Å²) in [5.74, 6) is 0. The minimum atomic E-state index is -0.592. The Bertz CT molecular complexity index is 3290. The number of hydrogen-bond acceptors (Lipinski definition) is 25. The second-order valence-corrected chi connectivity index (χ2v) is 21.6. The molecule has 4 rings (SSSR count). The van der Waals surface area contributed by atoms with Crippen LogP contribution < -0.4 is 17.1 Å². The Hall–Kier alpha value is -10.1. The lowest BCUT2D eigenvalue weighted by Gasteiger charge is -2.44. The lowest BCUT2D eigenvalue weighted by molar-refractivity contribution is 0.0915. The third kappa shape index (κ3) is 39.5. The number of nitriles is 1. The van der Waals surface area contributed by atoms with Gasteiger partial charge in [-0.15, -0.1) is 0 Å². The standard InChI is InChI=1S/C24H36N6O6.C12H18N2O2.C10H8N2O2.C9H6N2O2.C8H12N2O2/c25-19-36-18-12-6-5-11-17-30-23(34)28(15-9-3-1-7-13-26-20-31)22(33)29(24(30)35)16-10-4-2-8-14-27-21-32;1-11(2)4-10(14-9-16)5-12(3,6-11)7-13-8-15;13-7-11-5-9-2-1-3-10(4-9)6-12-8-14;1-7-2-3-8(10-5-12)4-9(7)11-6-13;11-7-9-5-3-1-2-4-6-10-8-12/h1-18H2;10H,4-7H2,1-3H3;1-4H,5-6H2;2-4H,1H3;1-6H2. The van der Waals surface area contributed by atoms with Crippen LogP contribution in [0.1, 0.15) is 159 Å². The van der Waals surface area contributed by atoms with Crippen molar-refractivity contribution in [3.8, 4) is 6.26 Å². The van der Waals surface area contributed by atoms with Gasteiger partial charge in [0.25, 0.3) is 6.26 Å².